The van der Waals surface area contributed by atoms with E-state index in [4.69, 9.17) is 4.74 Å². The number of halogens is 1. The van der Waals surface area contributed by atoms with Crippen LogP contribution in [0.5, 0.6) is 5.75 Å². The van der Waals surface area contributed by atoms with E-state index in [2.05, 4.69) is 10.6 Å². The van der Waals surface area contributed by atoms with Gasteiger partial charge in [0.15, 0.2) is 0 Å². The Morgan fingerprint density at radius 2 is 1.81 bits per heavy atom. The average molecular weight is 288 g/mol. The number of methoxy groups -OCH3 is 1. The molecule has 1 amide bonds. The number of carbonyl (C=O) groups is 1. The van der Waals surface area contributed by atoms with Gasteiger partial charge in [0.2, 0.25) is 5.91 Å². The monoisotopic (exact) mass is 288 g/mol. The number of amides is 1. The molecule has 0 bridgehead atoms. The smallest absolute Gasteiger partial charge is 0.243 e. The second-order valence-corrected chi connectivity index (χ2v) is 4.59. The van der Waals surface area contributed by atoms with Crippen LogP contribution in [0.3, 0.4) is 0 Å². The van der Waals surface area contributed by atoms with Gasteiger partial charge in [-0.2, -0.15) is 0 Å². The Balaban J connectivity index is 1.87. The number of anilines is 2. The number of benzene rings is 2. The minimum Gasteiger partial charge on any atom is -0.497 e. The molecule has 2 N–H and O–H groups in total. The van der Waals surface area contributed by atoms with Gasteiger partial charge in [-0.05, 0) is 55.0 Å². The fourth-order valence-corrected chi connectivity index (χ4v) is 1.82. The van der Waals surface area contributed by atoms with Crippen molar-refractivity contribution in [2.24, 2.45) is 0 Å². The van der Waals surface area contributed by atoms with E-state index < -0.39 is 0 Å². The first kappa shape index (κ1) is 14.8. The molecule has 5 heteroatoms. The molecule has 0 saturated carbocycles. The van der Waals surface area contributed by atoms with Gasteiger partial charge in [-0.1, -0.05) is 0 Å². The highest BCUT2D eigenvalue weighted by atomic mass is 19.1. The van der Waals surface area contributed by atoms with Crippen LogP contribution in [0.1, 0.15) is 5.56 Å². The molecular formula is C16H17FN2O2. The van der Waals surface area contributed by atoms with Crippen molar-refractivity contribution in [2.75, 3.05) is 24.3 Å². The second-order valence-electron chi connectivity index (χ2n) is 4.59. The van der Waals surface area contributed by atoms with Crippen molar-refractivity contribution in [3.63, 3.8) is 0 Å². The van der Waals surface area contributed by atoms with E-state index in [9.17, 15) is 9.18 Å². The number of hydrogen-bond acceptors (Lipinski definition) is 3. The van der Waals surface area contributed by atoms with E-state index in [1.807, 2.05) is 0 Å². The Morgan fingerprint density at radius 3 is 2.43 bits per heavy atom. The summed E-state index contributed by atoms with van der Waals surface area (Å²) in [5, 5.41) is 5.71. The first-order chi connectivity index (χ1) is 10.1. The zero-order valence-electron chi connectivity index (χ0n) is 11.9. The van der Waals surface area contributed by atoms with E-state index in [-0.39, 0.29) is 18.3 Å². The summed E-state index contributed by atoms with van der Waals surface area (Å²) in [7, 11) is 1.59. The Hall–Kier alpha value is -2.56. The van der Waals surface area contributed by atoms with Gasteiger partial charge in [0.25, 0.3) is 0 Å². The topological polar surface area (TPSA) is 50.4 Å². The summed E-state index contributed by atoms with van der Waals surface area (Å²) in [5.41, 5.74) is 1.94. The van der Waals surface area contributed by atoms with Crippen molar-refractivity contribution in [1.29, 1.82) is 0 Å². The fraction of sp³-hybridized carbons (Fsp3) is 0.188. The molecule has 0 saturated heterocycles. The minimum absolute atomic E-state index is 0.108. The zero-order valence-corrected chi connectivity index (χ0v) is 11.9. The normalized spacial score (nSPS) is 10.0. The SMILES string of the molecule is COc1ccc(NC(=O)CNc2ccc(F)c(C)c2)cc1. The molecule has 0 atom stereocenters. The van der Waals surface area contributed by atoms with Gasteiger partial charge in [-0.25, -0.2) is 4.39 Å². The first-order valence-corrected chi connectivity index (χ1v) is 6.52. The second kappa shape index (κ2) is 6.74. The molecule has 2 aromatic carbocycles. The molecule has 0 radical (unpaired) electrons. The van der Waals surface area contributed by atoms with Crippen LogP contribution < -0.4 is 15.4 Å². The van der Waals surface area contributed by atoms with E-state index in [1.54, 1.807) is 50.4 Å². The van der Waals surface area contributed by atoms with E-state index >= 15 is 0 Å². The van der Waals surface area contributed by atoms with Crippen LogP contribution in [0, 0.1) is 12.7 Å². The van der Waals surface area contributed by atoms with Gasteiger partial charge in [0.05, 0.1) is 13.7 Å². The third-order valence-electron chi connectivity index (χ3n) is 2.98. The summed E-state index contributed by atoms with van der Waals surface area (Å²) < 4.78 is 18.2. The lowest BCUT2D eigenvalue weighted by Crippen LogP contribution is -2.21. The molecule has 0 aliphatic carbocycles. The molecule has 4 nitrogen and oxygen atoms in total. The lowest BCUT2D eigenvalue weighted by Gasteiger charge is -2.09. The summed E-state index contributed by atoms with van der Waals surface area (Å²) >= 11 is 0. The van der Waals surface area contributed by atoms with Crippen LogP contribution in [0.25, 0.3) is 0 Å². The molecule has 21 heavy (non-hydrogen) atoms. The molecular weight excluding hydrogens is 271 g/mol. The molecule has 0 aliphatic rings. The molecule has 2 aromatic rings. The maximum absolute atomic E-state index is 13.1. The van der Waals surface area contributed by atoms with Crippen molar-refractivity contribution in [2.45, 2.75) is 6.92 Å². The molecule has 0 heterocycles. The lowest BCUT2D eigenvalue weighted by molar-refractivity contribution is -0.114. The summed E-state index contributed by atoms with van der Waals surface area (Å²) in [4.78, 5) is 11.8. The van der Waals surface area contributed by atoms with Gasteiger partial charge < -0.3 is 15.4 Å². The maximum Gasteiger partial charge on any atom is 0.243 e. The summed E-state index contributed by atoms with van der Waals surface area (Å²) in [6.45, 7) is 1.79. The Kier molecular flexibility index (Phi) is 4.77. The quantitative estimate of drug-likeness (QED) is 0.888. The predicted octanol–water partition coefficient (Wildman–Crippen LogP) is 3.19. The Morgan fingerprint density at radius 1 is 1.14 bits per heavy atom. The summed E-state index contributed by atoms with van der Waals surface area (Å²) in [6.07, 6.45) is 0. The zero-order chi connectivity index (χ0) is 15.2. The van der Waals surface area contributed by atoms with Gasteiger partial charge in [-0.3, -0.25) is 4.79 Å². The van der Waals surface area contributed by atoms with Gasteiger partial charge >= 0.3 is 0 Å². The van der Waals surface area contributed by atoms with Crippen molar-refractivity contribution >= 4 is 17.3 Å². The minimum atomic E-state index is -0.261. The lowest BCUT2D eigenvalue weighted by atomic mass is 10.2. The van der Waals surface area contributed by atoms with Crippen LogP contribution >= 0.6 is 0 Å². The van der Waals surface area contributed by atoms with Crippen LogP contribution in [0.15, 0.2) is 42.5 Å². The standard InChI is InChI=1S/C16H17FN2O2/c1-11-9-13(5-8-15(11)17)18-10-16(20)19-12-3-6-14(21-2)7-4-12/h3-9,18H,10H2,1-2H3,(H,19,20). The number of nitrogens with one attached hydrogen (secondary N) is 2. The Bertz CT molecular complexity index is 627. The van der Waals surface area contributed by atoms with E-state index in [0.717, 1.165) is 5.75 Å². The van der Waals surface area contributed by atoms with Crippen LogP contribution in [0.4, 0.5) is 15.8 Å². The van der Waals surface area contributed by atoms with Crippen molar-refractivity contribution in [3.05, 3.63) is 53.8 Å². The average Bonchev–Trinajstić information content (AvgIpc) is 2.49. The first-order valence-electron chi connectivity index (χ1n) is 6.52. The molecule has 0 aromatic heterocycles. The summed E-state index contributed by atoms with van der Waals surface area (Å²) in [5.74, 6) is 0.290. The molecule has 0 aliphatic heterocycles. The van der Waals surface area contributed by atoms with Crippen molar-refractivity contribution in [1.82, 2.24) is 0 Å². The van der Waals surface area contributed by atoms with Crippen molar-refractivity contribution in [3.8, 4) is 5.75 Å². The molecule has 0 spiro atoms. The number of aryl methyl sites for hydroxylation is 1. The van der Waals surface area contributed by atoms with Crippen LogP contribution in [-0.2, 0) is 4.79 Å². The largest absolute Gasteiger partial charge is 0.497 e. The van der Waals surface area contributed by atoms with Crippen LogP contribution in [-0.4, -0.2) is 19.6 Å². The van der Waals surface area contributed by atoms with E-state index in [0.29, 0.717) is 16.9 Å². The Labute approximate surface area is 122 Å². The molecule has 2 rings (SSSR count). The van der Waals surface area contributed by atoms with Crippen molar-refractivity contribution < 1.29 is 13.9 Å². The highest BCUT2D eigenvalue weighted by Crippen LogP contribution is 2.15. The van der Waals surface area contributed by atoms with Gasteiger partial charge in [-0.15, -0.1) is 0 Å². The third-order valence-corrected chi connectivity index (χ3v) is 2.98. The fourth-order valence-electron chi connectivity index (χ4n) is 1.82. The highest BCUT2D eigenvalue weighted by molar-refractivity contribution is 5.93. The molecule has 110 valence electrons. The number of hydrogen-bond donors (Lipinski definition) is 2. The highest BCUT2D eigenvalue weighted by Gasteiger charge is 2.04. The van der Waals surface area contributed by atoms with Gasteiger partial charge in [0, 0.05) is 11.4 Å². The molecule has 0 fully saturated rings. The third kappa shape index (κ3) is 4.21. The van der Waals surface area contributed by atoms with Crippen LogP contribution in [0.2, 0.25) is 0 Å². The molecule has 0 unspecified atom stereocenters. The van der Waals surface area contributed by atoms with Gasteiger partial charge in [0.1, 0.15) is 11.6 Å². The van der Waals surface area contributed by atoms with E-state index in [1.165, 1.54) is 6.07 Å². The summed E-state index contributed by atoms with van der Waals surface area (Å²) in [6, 6.07) is 11.7. The predicted molar refractivity (Wildman–Crippen MR) is 81.3 cm³/mol. The number of ether oxygens (including phenoxy) is 1. The number of carbonyl (C=O) groups excluding carboxylic acids is 1. The maximum atomic E-state index is 13.1. The number of rotatable bonds is 5.